The number of amides is 2. The lowest BCUT2D eigenvalue weighted by Gasteiger charge is -2.08. The highest BCUT2D eigenvalue weighted by Crippen LogP contribution is 2.20. The van der Waals surface area contributed by atoms with Gasteiger partial charge in [0, 0.05) is 23.9 Å². The van der Waals surface area contributed by atoms with Gasteiger partial charge in [-0.15, -0.1) is 0 Å². The fourth-order valence-electron chi connectivity index (χ4n) is 1.73. The lowest BCUT2D eigenvalue weighted by Crippen LogP contribution is -2.12. The molecule has 0 aliphatic rings. The van der Waals surface area contributed by atoms with Gasteiger partial charge in [-0.05, 0) is 42.5 Å². The summed E-state index contributed by atoms with van der Waals surface area (Å²) in [4.78, 5) is 23.0. The van der Waals surface area contributed by atoms with Crippen molar-refractivity contribution in [2.24, 2.45) is 0 Å². The molecule has 6 heteroatoms. The second-order valence-electron chi connectivity index (χ2n) is 4.45. The predicted octanol–water partition coefficient (Wildman–Crippen LogP) is 3.13. The third-order valence-electron chi connectivity index (χ3n) is 2.72. The average Bonchev–Trinajstić information content (AvgIpc) is 2.43. The van der Waals surface area contributed by atoms with Crippen LogP contribution in [0.3, 0.4) is 0 Å². The van der Waals surface area contributed by atoms with Gasteiger partial charge in [0.25, 0.3) is 5.91 Å². The molecule has 0 fully saturated rings. The largest absolute Gasteiger partial charge is 0.398 e. The number of nitrogen functional groups attached to an aromatic ring is 1. The first-order valence-electron chi connectivity index (χ1n) is 6.20. The van der Waals surface area contributed by atoms with E-state index < -0.39 is 0 Å². The number of halogens is 1. The zero-order chi connectivity index (χ0) is 15.4. The van der Waals surface area contributed by atoms with Gasteiger partial charge >= 0.3 is 0 Å². The van der Waals surface area contributed by atoms with Crippen LogP contribution in [0.1, 0.15) is 17.3 Å². The van der Waals surface area contributed by atoms with Gasteiger partial charge in [-0.1, -0.05) is 11.6 Å². The quantitative estimate of drug-likeness (QED) is 0.762. The van der Waals surface area contributed by atoms with E-state index in [1.54, 1.807) is 36.4 Å². The Kier molecular flexibility index (Phi) is 4.45. The molecule has 0 saturated heterocycles. The van der Waals surface area contributed by atoms with Crippen molar-refractivity contribution in [3.63, 3.8) is 0 Å². The summed E-state index contributed by atoms with van der Waals surface area (Å²) in [5, 5.41) is 5.79. The van der Waals surface area contributed by atoms with Gasteiger partial charge in [0.2, 0.25) is 5.91 Å². The minimum Gasteiger partial charge on any atom is -0.398 e. The van der Waals surface area contributed by atoms with E-state index in [-0.39, 0.29) is 11.8 Å². The predicted molar refractivity (Wildman–Crippen MR) is 84.6 cm³/mol. The molecule has 0 saturated carbocycles. The molecule has 0 aromatic heterocycles. The number of hydrogen-bond acceptors (Lipinski definition) is 3. The Bertz CT molecular complexity index is 684. The summed E-state index contributed by atoms with van der Waals surface area (Å²) in [6, 6.07) is 11.5. The van der Waals surface area contributed by atoms with Crippen LogP contribution < -0.4 is 16.4 Å². The van der Waals surface area contributed by atoms with E-state index in [1.807, 2.05) is 0 Å². The second-order valence-corrected chi connectivity index (χ2v) is 4.86. The molecule has 108 valence electrons. The highest BCUT2D eigenvalue weighted by molar-refractivity contribution is 6.33. The molecule has 2 rings (SSSR count). The second kappa shape index (κ2) is 6.28. The number of nitrogens with two attached hydrogens (primary N) is 1. The molecule has 21 heavy (non-hydrogen) atoms. The normalized spacial score (nSPS) is 10.0. The Morgan fingerprint density at radius 1 is 1.00 bits per heavy atom. The van der Waals surface area contributed by atoms with Gasteiger partial charge in [0.15, 0.2) is 0 Å². The maximum absolute atomic E-state index is 12.1. The number of rotatable bonds is 3. The summed E-state index contributed by atoms with van der Waals surface area (Å²) in [6.45, 7) is 1.43. The lowest BCUT2D eigenvalue weighted by molar-refractivity contribution is -0.114. The molecule has 2 aromatic rings. The van der Waals surface area contributed by atoms with E-state index in [2.05, 4.69) is 10.6 Å². The molecule has 4 N–H and O–H groups in total. The van der Waals surface area contributed by atoms with E-state index in [4.69, 9.17) is 17.3 Å². The Hall–Kier alpha value is -2.53. The molecular weight excluding hydrogens is 290 g/mol. The smallest absolute Gasteiger partial charge is 0.255 e. The van der Waals surface area contributed by atoms with Crippen LogP contribution in [0.4, 0.5) is 17.1 Å². The molecule has 0 aliphatic heterocycles. The van der Waals surface area contributed by atoms with Crippen LogP contribution in [-0.2, 0) is 4.79 Å². The number of carbonyl (C=O) groups is 2. The molecule has 2 amide bonds. The van der Waals surface area contributed by atoms with Crippen molar-refractivity contribution in [2.75, 3.05) is 16.4 Å². The van der Waals surface area contributed by atoms with E-state index >= 15 is 0 Å². The van der Waals surface area contributed by atoms with Crippen molar-refractivity contribution < 1.29 is 9.59 Å². The van der Waals surface area contributed by atoms with Crippen molar-refractivity contribution in [1.29, 1.82) is 0 Å². The van der Waals surface area contributed by atoms with Crippen molar-refractivity contribution >= 4 is 40.5 Å². The first-order chi connectivity index (χ1) is 9.95. The maximum Gasteiger partial charge on any atom is 0.255 e. The minimum atomic E-state index is -0.286. The van der Waals surface area contributed by atoms with Crippen LogP contribution in [0.2, 0.25) is 5.02 Å². The van der Waals surface area contributed by atoms with Crippen molar-refractivity contribution in [3.8, 4) is 0 Å². The monoisotopic (exact) mass is 303 g/mol. The van der Waals surface area contributed by atoms with Gasteiger partial charge in [0.05, 0.1) is 10.7 Å². The number of hydrogen-bond donors (Lipinski definition) is 3. The van der Waals surface area contributed by atoms with Gasteiger partial charge in [0.1, 0.15) is 0 Å². The van der Waals surface area contributed by atoms with E-state index in [1.165, 1.54) is 13.0 Å². The van der Waals surface area contributed by atoms with Crippen LogP contribution in [0, 0.1) is 0 Å². The first kappa shape index (κ1) is 14.9. The number of carbonyl (C=O) groups excluding carboxylic acids is 2. The molecule has 0 aliphatic carbocycles. The average molecular weight is 304 g/mol. The van der Waals surface area contributed by atoms with Crippen LogP contribution >= 0.6 is 11.6 Å². The summed E-state index contributed by atoms with van der Waals surface area (Å²) in [6.07, 6.45) is 0. The standard InChI is InChI=1S/C15H14ClN3O2/c1-9(20)18-11-3-5-12(6-4-11)19-15(21)10-2-7-13(16)14(17)8-10/h2-8H,17H2,1H3,(H,18,20)(H,19,21). The zero-order valence-corrected chi connectivity index (χ0v) is 12.1. The number of anilines is 3. The zero-order valence-electron chi connectivity index (χ0n) is 11.3. The van der Waals surface area contributed by atoms with E-state index in [0.29, 0.717) is 27.6 Å². The molecule has 2 aromatic carbocycles. The topological polar surface area (TPSA) is 84.2 Å². The van der Waals surface area contributed by atoms with Gasteiger partial charge in [-0.3, -0.25) is 9.59 Å². The molecule has 0 unspecified atom stereocenters. The summed E-state index contributed by atoms with van der Waals surface area (Å²) >= 11 is 5.81. The van der Waals surface area contributed by atoms with E-state index in [0.717, 1.165) is 0 Å². The third-order valence-corrected chi connectivity index (χ3v) is 3.07. The van der Waals surface area contributed by atoms with Crippen molar-refractivity contribution in [2.45, 2.75) is 6.92 Å². The van der Waals surface area contributed by atoms with Crippen molar-refractivity contribution in [3.05, 3.63) is 53.1 Å². The number of nitrogens with one attached hydrogen (secondary N) is 2. The van der Waals surface area contributed by atoms with E-state index in [9.17, 15) is 9.59 Å². The SMILES string of the molecule is CC(=O)Nc1ccc(NC(=O)c2ccc(Cl)c(N)c2)cc1. The third kappa shape index (κ3) is 3.97. The fraction of sp³-hybridized carbons (Fsp3) is 0.0667. The van der Waals surface area contributed by atoms with Crippen LogP contribution in [0.15, 0.2) is 42.5 Å². The molecule has 0 atom stereocenters. The Morgan fingerprint density at radius 2 is 1.57 bits per heavy atom. The van der Waals surface area contributed by atoms with Gasteiger partial charge < -0.3 is 16.4 Å². The Morgan fingerprint density at radius 3 is 2.10 bits per heavy atom. The molecule has 0 radical (unpaired) electrons. The van der Waals surface area contributed by atoms with Crippen LogP contribution in [-0.4, -0.2) is 11.8 Å². The Balaban J connectivity index is 2.08. The molecule has 5 nitrogen and oxygen atoms in total. The molecular formula is C15H14ClN3O2. The highest BCUT2D eigenvalue weighted by atomic mass is 35.5. The Labute approximate surface area is 127 Å². The minimum absolute atomic E-state index is 0.150. The summed E-state index contributed by atoms with van der Waals surface area (Å²) < 4.78 is 0. The van der Waals surface area contributed by atoms with Gasteiger partial charge in [-0.25, -0.2) is 0 Å². The summed E-state index contributed by atoms with van der Waals surface area (Å²) in [7, 11) is 0. The van der Waals surface area contributed by atoms with Gasteiger partial charge in [-0.2, -0.15) is 0 Å². The summed E-state index contributed by atoms with van der Waals surface area (Å²) in [5.41, 5.74) is 7.71. The molecule has 0 bridgehead atoms. The summed E-state index contributed by atoms with van der Waals surface area (Å²) in [5.74, 6) is -0.436. The maximum atomic E-state index is 12.1. The van der Waals surface area contributed by atoms with Crippen LogP contribution in [0.5, 0.6) is 0 Å². The molecule has 0 spiro atoms. The molecule has 0 heterocycles. The number of benzene rings is 2. The lowest BCUT2D eigenvalue weighted by atomic mass is 10.2. The first-order valence-corrected chi connectivity index (χ1v) is 6.57. The van der Waals surface area contributed by atoms with Crippen LogP contribution in [0.25, 0.3) is 0 Å². The fourth-order valence-corrected chi connectivity index (χ4v) is 1.85. The van der Waals surface area contributed by atoms with Crippen molar-refractivity contribution in [1.82, 2.24) is 0 Å². The highest BCUT2D eigenvalue weighted by Gasteiger charge is 2.08.